The van der Waals surface area contributed by atoms with Crippen LogP contribution in [0, 0.1) is 6.92 Å². The van der Waals surface area contributed by atoms with Gasteiger partial charge >= 0.3 is 6.03 Å². The molecule has 0 aliphatic heterocycles. The second kappa shape index (κ2) is 12.4. The fourth-order valence-electron chi connectivity index (χ4n) is 3.84. The van der Waals surface area contributed by atoms with E-state index in [9.17, 15) is 9.59 Å². The Hall–Kier alpha value is -3.61. The summed E-state index contributed by atoms with van der Waals surface area (Å²) in [6.07, 6.45) is 2.88. The summed E-state index contributed by atoms with van der Waals surface area (Å²) in [7, 11) is 0. The van der Waals surface area contributed by atoms with Crippen molar-refractivity contribution in [2.45, 2.75) is 65.8 Å². The van der Waals surface area contributed by atoms with Crippen molar-refractivity contribution in [3.05, 3.63) is 77.5 Å². The minimum Gasteiger partial charge on any atom is -0.334 e. The monoisotopic (exact) mass is 489 g/mol. The molecule has 7 nitrogen and oxygen atoms in total. The molecule has 1 heterocycles. The molecule has 2 aromatic carbocycles. The number of nitrogens with zero attached hydrogens (tertiary/aromatic N) is 3. The third kappa shape index (κ3) is 7.70. The van der Waals surface area contributed by atoms with E-state index in [-0.39, 0.29) is 23.9 Å². The number of unbranched alkanes of at least 4 members (excludes halogenated alkanes) is 2. The lowest BCUT2D eigenvalue weighted by Gasteiger charge is -2.23. The summed E-state index contributed by atoms with van der Waals surface area (Å²) in [4.78, 5) is 27.7. The third-order valence-electron chi connectivity index (χ3n) is 5.93. The zero-order chi connectivity index (χ0) is 26.1. The number of urea groups is 1. The molecule has 0 unspecified atom stereocenters. The first-order valence-electron chi connectivity index (χ1n) is 12.7. The van der Waals surface area contributed by atoms with E-state index < -0.39 is 0 Å². The molecular weight excluding hydrogens is 450 g/mol. The number of carbonyl (C=O) groups is 2. The number of anilines is 1. The van der Waals surface area contributed by atoms with Crippen molar-refractivity contribution in [3.63, 3.8) is 0 Å². The molecule has 0 atom stereocenters. The minimum atomic E-state index is -0.254. The molecule has 3 rings (SSSR count). The molecule has 3 amide bonds. The quantitative estimate of drug-likeness (QED) is 0.352. The summed E-state index contributed by atoms with van der Waals surface area (Å²) < 4.78 is 1.77. The molecular formula is C29H39N5O2. The molecule has 0 saturated carbocycles. The zero-order valence-corrected chi connectivity index (χ0v) is 22.2. The molecule has 2 N–H and O–H groups in total. The van der Waals surface area contributed by atoms with E-state index in [4.69, 9.17) is 5.10 Å². The molecule has 0 saturated heterocycles. The number of aromatic nitrogens is 2. The van der Waals surface area contributed by atoms with Gasteiger partial charge in [-0.3, -0.25) is 4.79 Å². The highest BCUT2D eigenvalue weighted by atomic mass is 16.2. The molecule has 36 heavy (non-hydrogen) atoms. The largest absolute Gasteiger partial charge is 0.334 e. The highest BCUT2D eigenvalue weighted by molar-refractivity contribution is 5.94. The topological polar surface area (TPSA) is 79.3 Å². The van der Waals surface area contributed by atoms with E-state index in [2.05, 4.69) is 38.3 Å². The number of benzene rings is 2. The summed E-state index contributed by atoms with van der Waals surface area (Å²) in [5, 5.41) is 10.8. The zero-order valence-electron chi connectivity index (χ0n) is 22.2. The molecule has 3 aromatic rings. The van der Waals surface area contributed by atoms with Gasteiger partial charge < -0.3 is 15.5 Å². The van der Waals surface area contributed by atoms with Gasteiger partial charge in [-0.25, -0.2) is 9.48 Å². The third-order valence-corrected chi connectivity index (χ3v) is 5.93. The first kappa shape index (κ1) is 27.0. The van der Waals surface area contributed by atoms with Crippen LogP contribution in [0.3, 0.4) is 0 Å². The Morgan fingerprint density at radius 1 is 1.00 bits per heavy atom. The Balaban J connectivity index is 1.76. The number of rotatable bonds is 10. The van der Waals surface area contributed by atoms with Gasteiger partial charge in [0.05, 0.1) is 11.4 Å². The molecule has 0 bridgehead atoms. The average molecular weight is 490 g/mol. The van der Waals surface area contributed by atoms with Crippen LogP contribution in [0.4, 0.5) is 10.6 Å². The molecule has 0 aliphatic carbocycles. The maximum atomic E-state index is 13.2. The van der Waals surface area contributed by atoms with Crippen LogP contribution in [0.1, 0.15) is 63.8 Å². The van der Waals surface area contributed by atoms with Crippen LogP contribution in [0.25, 0.3) is 5.69 Å². The fraction of sp³-hybridized carbons (Fsp3) is 0.414. The molecule has 0 fully saturated rings. The van der Waals surface area contributed by atoms with Gasteiger partial charge in [0.15, 0.2) is 0 Å². The van der Waals surface area contributed by atoms with Crippen molar-refractivity contribution < 1.29 is 9.59 Å². The second-order valence-electron chi connectivity index (χ2n) is 10.2. The lowest BCUT2D eigenvalue weighted by molar-refractivity contribution is -0.116. The average Bonchev–Trinajstić information content (AvgIpc) is 3.27. The van der Waals surface area contributed by atoms with Gasteiger partial charge in [-0.2, -0.15) is 5.10 Å². The second-order valence-corrected chi connectivity index (χ2v) is 10.2. The van der Waals surface area contributed by atoms with Gasteiger partial charge in [-0.1, -0.05) is 83.0 Å². The summed E-state index contributed by atoms with van der Waals surface area (Å²) in [6, 6.07) is 19.4. The van der Waals surface area contributed by atoms with E-state index in [0.717, 1.165) is 41.8 Å². The van der Waals surface area contributed by atoms with Gasteiger partial charge in [0, 0.05) is 24.6 Å². The SMILES string of the molecule is CCCCCN(CC(=O)Nc1cc(C(C)(C)C)nn1-c1cccc(C)c1)C(=O)NCc1ccccc1. The molecule has 7 heteroatoms. The van der Waals surface area contributed by atoms with E-state index in [1.165, 1.54) is 0 Å². The van der Waals surface area contributed by atoms with E-state index in [1.807, 2.05) is 67.6 Å². The number of hydrogen-bond donors (Lipinski definition) is 2. The first-order valence-corrected chi connectivity index (χ1v) is 12.7. The smallest absolute Gasteiger partial charge is 0.318 e. The van der Waals surface area contributed by atoms with E-state index in [1.54, 1.807) is 9.58 Å². The maximum Gasteiger partial charge on any atom is 0.318 e. The van der Waals surface area contributed by atoms with Crippen molar-refractivity contribution in [1.82, 2.24) is 20.0 Å². The van der Waals surface area contributed by atoms with Crippen molar-refractivity contribution in [1.29, 1.82) is 0 Å². The number of amides is 3. The number of carbonyl (C=O) groups excluding carboxylic acids is 2. The lowest BCUT2D eigenvalue weighted by Crippen LogP contribution is -2.44. The Kier molecular flexibility index (Phi) is 9.28. The van der Waals surface area contributed by atoms with Crippen molar-refractivity contribution in [2.24, 2.45) is 0 Å². The molecule has 1 aromatic heterocycles. The Morgan fingerprint density at radius 3 is 2.42 bits per heavy atom. The van der Waals surface area contributed by atoms with E-state index >= 15 is 0 Å². The van der Waals surface area contributed by atoms with Crippen LogP contribution in [-0.2, 0) is 16.8 Å². The van der Waals surface area contributed by atoms with Crippen LogP contribution in [-0.4, -0.2) is 39.7 Å². The summed E-state index contributed by atoms with van der Waals surface area (Å²) >= 11 is 0. The predicted molar refractivity (Wildman–Crippen MR) is 145 cm³/mol. The Bertz CT molecular complexity index is 1150. The minimum absolute atomic E-state index is 0.0335. The van der Waals surface area contributed by atoms with Crippen LogP contribution in [0.15, 0.2) is 60.7 Å². The van der Waals surface area contributed by atoms with Crippen LogP contribution < -0.4 is 10.6 Å². The van der Waals surface area contributed by atoms with Gasteiger partial charge in [0.1, 0.15) is 12.4 Å². The van der Waals surface area contributed by atoms with Crippen LogP contribution in [0.5, 0.6) is 0 Å². The molecule has 0 spiro atoms. The number of nitrogens with one attached hydrogen (secondary N) is 2. The predicted octanol–water partition coefficient (Wildman–Crippen LogP) is 5.82. The van der Waals surface area contributed by atoms with Crippen molar-refractivity contribution in [3.8, 4) is 5.69 Å². The van der Waals surface area contributed by atoms with Crippen molar-refractivity contribution in [2.75, 3.05) is 18.4 Å². The van der Waals surface area contributed by atoms with Crippen molar-refractivity contribution >= 4 is 17.8 Å². The lowest BCUT2D eigenvalue weighted by atomic mass is 9.92. The Labute approximate surface area is 214 Å². The number of aryl methyl sites for hydroxylation is 1. The highest BCUT2D eigenvalue weighted by Crippen LogP contribution is 2.26. The maximum absolute atomic E-state index is 13.2. The molecule has 192 valence electrons. The van der Waals surface area contributed by atoms with Gasteiger partial charge in [-0.15, -0.1) is 0 Å². The van der Waals surface area contributed by atoms with E-state index in [0.29, 0.717) is 18.9 Å². The normalized spacial score (nSPS) is 11.2. The van der Waals surface area contributed by atoms with Crippen LogP contribution >= 0.6 is 0 Å². The van der Waals surface area contributed by atoms with Gasteiger partial charge in [-0.05, 0) is 36.6 Å². The van der Waals surface area contributed by atoms with Gasteiger partial charge in [0.2, 0.25) is 5.91 Å². The molecule has 0 aliphatic rings. The summed E-state index contributed by atoms with van der Waals surface area (Å²) in [6.45, 7) is 11.3. The first-order chi connectivity index (χ1) is 17.2. The van der Waals surface area contributed by atoms with Crippen LogP contribution in [0.2, 0.25) is 0 Å². The summed E-state index contributed by atoms with van der Waals surface area (Å²) in [5.41, 5.74) is 3.69. The number of hydrogen-bond acceptors (Lipinski definition) is 3. The fourth-order valence-corrected chi connectivity index (χ4v) is 3.84. The molecule has 0 radical (unpaired) electrons. The Morgan fingerprint density at radius 2 is 1.75 bits per heavy atom. The van der Waals surface area contributed by atoms with Gasteiger partial charge in [0.25, 0.3) is 0 Å². The summed E-state index contributed by atoms with van der Waals surface area (Å²) in [5.74, 6) is 0.337. The standard InChI is InChI=1S/C29H39N5O2/c1-6-7-11-17-33(28(36)30-20-23-14-9-8-10-15-23)21-27(35)31-26-19-25(29(3,4)5)32-34(26)24-16-12-13-22(2)18-24/h8-10,12-16,18-19H,6-7,11,17,20-21H2,1-5H3,(H,30,36)(H,31,35). The highest BCUT2D eigenvalue weighted by Gasteiger charge is 2.23.